The van der Waals surface area contributed by atoms with Gasteiger partial charge in [-0.15, -0.1) is 0 Å². The fraction of sp³-hybridized carbons (Fsp3) is 1.00. The minimum Gasteiger partial charge on any atom is -0.313 e. The Morgan fingerprint density at radius 1 is 1.78 bits per heavy atom. The molecule has 0 heterocycles. The van der Waals surface area contributed by atoms with Crippen molar-refractivity contribution in [2.45, 2.75) is 25.0 Å². The Morgan fingerprint density at radius 2 is 2.33 bits per heavy atom. The predicted molar refractivity (Wildman–Crippen MR) is 39.9 cm³/mol. The van der Waals surface area contributed by atoms with Gasteiger partial charge in [0.1, 0.15) is 0 Å². The van der Waals surface area contributed by atoms with Crippen LogP contribution in [-0.2, 0) is 9.73 Å². The van der Waals surface area contributed by atoms with Crippen LogP contribution >= 0.6 is 0 Å². The van der Waals surface area contributed by atoms with Gasteiger partial charge in [0.2, 0.25) is 0 Å². The highest BCUT2D eigenvalue weighted by atomic mass is 32.2. The molecule has 50 valence electrons. The van der Waals surface area contributed by atoms with E-state index in [-0.39, 0.29) is 0 Å². The molecule has 0 aromatic rings. The van der Waals surface area contributed by atoms with Crippen molar-refractivity contribution in [3.8, 4) is 0 Å². The molecule has 1 fully saturated rings. The van der Waals surface area contributed by atoms with Gasteiger partial charge in [0.25, 0.3) is 7.98 Å². The lowest BCUT2D eigenvalue weighted by molar-refractivity contribution is 0.677. The second-order valence-corrected chi connectivity index (χ2v) is 5.12. The van der Waals surface area contributed by atoms with Gasteiger partial charge in [0, 0.05) is 20.7 Å². The first-order valence-corrected chi connectivity index (χ1v) is 4.90. The largest absolute Gasteiger partial charge is 0.313 e. The van der Waals surface area contributed by atoms with Crippen LogP contribution in [0.25, 0.3) is 0 Å². The second-order valence-electron chi connectivity index (χ2n) is 2.28. The van der Waals surface area contributed by atoms with E-state index in [9.17, 15) is 4.21 Å². The van der Waals surface area contributed by atoms with Crippen molar-refractivity contribution < 1.29 is 4.21 Å². The number of rotatable bonds is 2. The minimum absolute atomic E-state index is 0.312. The summed E-state index contributed by atoms with van der Waals surface area (Å²) in [6.45, 7) is 1.87. The summed E-state index contributed by atoms with van der Waals surface area (Å²) in [5.41, 5.74) is 0. The second kappa shape index (κ2) is 2.33. The molecule has 1 aliphatic carbocycles. The molecule has 0 aromatic heterocycles. The van der Waals surface area contributed by atoms with E-state index < -0.39 is 9.73 Å². The molecule has 1 unspecified atom stereocenters. The van der Waals surface area contributed by atoms with E-state index in [4.69, 9.17) is 7.98 Å². The van der Waals surface area contributed by atoms with Crippen molar-refractivity contribution in [1.82, 2.24) is 0 Å². The molecule has 1 aliphatic rings. The summed E-state index contributed by atoms with van der Waals surface area (Å²) in [6, 6.07) is 0. The van der Waals surface area contributed by atoms with Crippen LogP contribution in [0.15, 0.2) is 4.27 Å². The monoisotopic (exact) mass is 143 g/mol. The third-order valence-corrected chi connectivity index (χ3v) is 4.33. The van der Waals surface area contributed by atoms with Gasteiger partial charge in [-0.05, 0) is 12.8 Å². The highest BCUT2D eigenvalue weighted by Gasteiger charge is 2.31. The molecule has 1 saturated carbocycles. The predicted octanol–water partition coefficient (Wildman–Crippen LogP) is 0.720. The van der Waals surface area contributed by atoms with Gasteiger partial charge in [-0.2, -0.15) is 0 Å². The summed E-state index contributed by atoms with van der Waals surface area (Å²) in [5.74, 6) is 0.605. The molecule has 1 rings (SSSR count). The SMILES string of the molecule is [B]N=S(=O)(CC)C1CC1. The third-order valence-electron chi connectivity index (χ3n) is 1.64. The molecule has 0 amide bonds. The summed E-state index contributed by atoms with van der Waals surface area (Å²) in [4.78, 5) is 0. The summed E-state index contributed by atoms with van der Waals surface area (Å²) >= 11 is 0. The van der Waals surface area contributed by atoms with Crippen molar-refractivity contribution in [2.24, 2.45) is 4.27 Å². The van der Waals surface area contributed by atoms with Gasteiger partial charge in [-0.3, -0.25) is 4.21 Å². The maximum absolute atomic E-state index is 11.4. The van der Waals surface area contributed by atoms with Gasteiger partial charge >= 0.3 is 0 Å². The van der Waals surface area contributed by atoms with Crippen LogP contribution in [0.2, 0.25) is 0 Å². The zero-order valence-corrected chi connectivity index (χ0v) is 6.36. The highest BCUT2D eigenvalue weighted by molar-refractivity contribution is 7.94. The Labute approximate surface area is 57.6 Å². The molecule has 0 aromatic carbocycles. The van der Waals surface area contributed by atoms with Crippen LogP contribution in [0.4, 0.5) is 0 Å². The first-order chi connectivity index (χ1) is 4.23. The molecule has 0 N–H and O–H groups in total. The smallest absolute Gasteiger partial charge is 0.273 e. The van der Waals surface area contributed by atoms with Crippen LogP contribution in [0.5, 0.6) is 0 Å². The summed E-state index contributed by atoms with van der Waals surface area (Å²) < 4.78 is 14.8. The number of hydrogen-bond acceptors (Lipinski definition) is 2. The Morgan fingerprint density at radius 3 is 2.44 bits per heavy atom. The quantitative estimate of drug-likeness (QED) is 0.523. The normalized spacial score (nSPS) is 25.0. The number of hydrogen-bond donors (Lipinski definition) is 0. The van der Waals surface area contributed by atoms with E-state index in [0.717, 1.165) is 12.8 Å². The molecule has 1 atom stereocenters. The first-order valence-electron chi connectivity index (χ1n) is 3.16. The molecule has 2 nitrogen and oxygen atoms in total. The molecule has 0 saturated heterocycles. The van der Waals surface area contributed by atoms with Crippen LogP contribution in [0, 0.1) is 0 Å². The zero-order valence-electron chi connectivity index (χ0n) is 5.54. The van der Waals surface area contributed by atoms with E-state index in [1.54, 1.807) is 0 Å². The molecule has 9 heavy (non-hydrogen) atoms. The van der Waals surface area contributed by atoms with E-state index >= 15 is 0 Å². The molecule has 2 radical (unpaired) electrons. The number of nitrogens with zero attached hydrogens (tertiary/aromatic N) is 1. The van der Waals surface area contributed by atoms with Crippen molar-refractivity contribution in [2.75, 3.05) is 5.75 Å². The molecule has 0 bridgehead atoms. The lowest BCUT2D eigenvalue weighted by Crippen LogP contribution is -2.08. The van der Waals surface area contributed by atoms with Crippen LogP contribution < -0.4 is 0 Å². The average Bonchev–Trinajstić information content (AvgIpc) is 2.68. The maximum atomic E-state index is 11.4. The van der Waals surface area contributed by atoms with E-state index in [1.165, 1.54) is 0 Å². The maximum Gasteiger partial charge on any atom is 0.273 e. The van der Waals surface area contributed by atoms with Crippen LogP contribution in [-0.4, -0.2) is 23.2 Å². The molecule has 0 spiro atoms. The Kier molecular flexibility index (Phi) is 1.84. The third kappa shape index (κ3) is 1.29. The van der Waals surface area contributed by atoms with Crippen molar-refractivity contribution in [3.63, 3.8) is 0 Å². The average molecular weight is 143 g/mol. The van der Waals surface area contributed by atoms with Gasteiger partial charge in [-0.1, -0.05) is 6.92 Å². The van der Waals surface area contributed by atoms with Gasteiger partial charge in [-0.25, -0.2) is 0 Å². The first kappa shape index (κ1) is 7.13. The highest BCUT2D eigenvalue weighted by Crippen LogP contribution is 2.30. The summed E-state index contributed by atoms with van der Waals surface area (Å²) in [6.07, 6.45) is 2.10. The van der Waals surface area contributed by atoms with Crippen LogP contribution in [0.1, 0.15) is 19.8 Å². The summed E-state index contributed by atoms with van der Waals surface area (Å²) in [5, 5.41) is 0.312. The minimum atomic E-state index is -1.97. The van der Waals surface area contributed by atoms with Gasteiger partial charge < -0.3 is 4.27 Å². The molecule has 0 aliphatic heterocycles. The standard InChI is InChI=1S/C5H10BNOS/c1-2-9(8,7-6)5-3-4-5/h5H,2-4H2,1H3. The summed E-state index contributed by atoms with van der Waals surface area (Å²) in [7, 11) is 3.04. The lowest BCUT2D eigenvalue weighted by atomic mass is 10.5. The van der Waals surface area contributed by atoms with E-state index in [0.29, 0.717) is 11.0 Å². The van der Waals surface area contributed by atoms with Crippen molar-refractivity contribution in [3.05, 3.63) is 0 Å². The Balaban J connectivity index is 2.79. The molecular formula is C5H10BNOS. The zero-order chi connectivity index (χ0) is 6.91. The van der Waals surface area contributed by atoms with E-state index in [1.807, 2.05) is 6.92 Å². The Bertz CT molecular complexity index is 203. The van der Waals surface area contributed by atoms with Crippen molar-refractivity contribution >= 4 is 17.7 Å². The fourth-order valence-electron chi connectivity index (χ4n) is 0.833. The lowest BCUT2D eigenvalue weighted by Gasteiger charge is -2.01. The van der Waals surface area contributed by atoms with E-state index in [2.05, 4.69) is 4.27 Å². The van der Waals surface area contributed by atoms with Gasteiger partial charge in [0.15, 0.2) is 0 Å². The topological polar surface area (TPSA) is 29.4 Å². The van der Waals surface area contributed by atoms with Crippen molar-refractivity contribution in [1.29, 1.82) is 0 Å². The Hall–Kier alpha value is 0.0149. The van der Waals surface area contributed by atoms with Crippen LogP contribution in [0.3, 0.4) is 0 Å². The fourth-order valence-corrected chi connectivity index (χ4v) is 2.50. The molecule has 4 heteroatoms. The molecular weight excluding hydrogens is 133 g/mol. The van der Waals surface area contributed by atoms with Gasteiger partial charge in [0.05, 0.1) is 0 Å².